The minimum absolute atomic E-state index is 0.0316. The predicted molar refractivity (Wildman–Crippen MR) is 205 cm³/mol. The number of esters is 1. The van der Waals surface area contributed by atoms with E-state index in [0.29, 0.717) is 36.1 Å². The summed E-state index contributed by atoms with van der Waals surface area (Å²) in [6.07, 6.45) is 3.34. The first-order valence-corrected chi connectivity index (χ1v) is 18.5. The fourth-order valence-corrected chi connectivity index (χ4v) is 8.59. The molecular weight excluding hydrogens is 682 g/mol. The summed E-state index contributed by atoms with van der Waals surface area (Å²) in [7, 11) is 0. The lowest BCUT2D eigenvalue weighted by molar-refractivity contribution is -0.161. The normalized spacial score (nSPS) is 23.7. The first-order chi connectivity index (χ1) is 26.3. The molecule has 0 saturated carbocycles. The van der Waals surface area contributed by atoms with Crippen molar-refractivity contribution < 1.29 is 33.8 Å². The Labute approximate surface area is 315 Å². The van der Waals surface area contributed by atoms with Crippen LogP contribution < -0.4 is 10.2 Å². The van der Waals surface area contributed by atoms with Crippen LogP contribution in [0.3, 0.4) is 0 Å². The number of hydrogen-bond donors (Lipinski definition) is 2. The lowest BCUT2D eigenvalue weighted by Gasteiger charge is -2.39. The topological polar surface area (TPSA) is 125 Å². The molecule has 2 N–H and O–H groups in total. The lowest BCUT2D eigenvalue weighted by atomic mass is 9.70. The zero-order valence-electron chi connectivity index (χ0n) is 30.1. The third-order valence-electron chi connectivity index (χ3n) is 11.0. The standard InChI is InChI=1S/C44H45N3O7/c1-3-5-20-37(49)45-27-36(31-17-10-7-11-18-31)53-43(52)38-35-23-24-44(54-35)39(38)41(50)47(34(28-48)30-15-8-6-9-16-30)40(44)42(51)46(25-4-2)33-22-21-29-14-12-13-19-32(29)26-33/h3-4,6-19,21-22,26,34-36,38-40,48H,1-2,5,20,23-25,27-28H2,(H,45,49)/t34-,35+,36+,38-,39-,40+,44-/m1/s1. The molecule has 7 atom stereocenters. The second-order valence-electron chi connectivity index (χ2n) is 14.1. The lowest BCUT2D eigenvalue weighted by Crippen LogP contribution is -2.57. The fraction of sp³-hybridized carbons (Fsp3) is 0.318. The van der Waals surface area contributed by atoms with Gasteiger partial charge in [-0.2, -0.15) is 0 Å². The van der Waals surface area contributed by atoms with Crippen LogP contribution in [0.4, 0.5) is 5.69 Å². The molecule has 3 aliphatic heterocycles. The number of aliphatic hydroxyl groups excluding tert-OH is 1. The Kier molecular flexibility index (Phi) is 10.8. The molecule has 0 aliphatic carbocycles. The van der Waals surface area contributed by atoms with Crippen LogP contribution in [0.15, 0.2) is 128 Å². The number of hydrogen-bond acceptors (Lipinski definition) is 7. The molecule has 0 radical (unpaired) electrons. The molecule has 2 bridgehead atoms. The number of carbonyl (C=O) groups is 4. The molecule has 4 aromatic rings. The monoisotopic (exact) mass is 727 g/mol. The molecule has 278 valence electrons. The van der Waals surface area contributed by atoms with Gasteiger partial charge in [0.15, 0.2) is 0 Å². The molecule has 3 heterocycles. The SMILES string of the molecule is C=CCCC(=O)NC[C@H](OC(=O)[C@@H]1[C@@H]2CC[C@]3(O2)[C@H](C(=O)N(CC=C)c2ccc4ccccc4c2)N([C@H](CO)c2ccccc2)C(=O)[C@@H]13)c1ccccc1. The van der Waals surface area contributed by atoms with Gasteiger partial charge in [-0.3, -0.25) is 19.2 Å². The predicted octanol–water partition coefficient (Wildman–Crippen LogP) is 5.83. The Morgan fingerprint density at radius 1 is 0.944 bits per heavy atom. The van der Waals surface area contributed by atoms with Crippen molar-refractivity contribution in [3.63, 3.8) is 0 Å². The van der Waals surface area contributed by atoms with Crippen LogP contribution in [0.2, 0.25) is 0 Å². The quantitative estimate of drug-likeness (QED) is 0.117. The van der Waals surface area contributed by atoms with Gasteiger partial charge < -0.3 is 29.7 Å². The molecule has 54 heavy (non-hydrogen) atoms. The van der Waals surface area contributed by atoms with Gasteiger partial charge in [0.25, 0.3) is 5.91 Å². The molecule has 10 heteroatoms. The van der Waals surface area contributed by atoms with E-state index in [9.17, 15) is 14.7 Å². The summed E-state index contributed by atoms with van der Waals surface area (Å²) in [6.45, 7) is 7.33. The number of nitrogens with one attached hydrogen (secondary N) is 1. The Morgan fingerprint density at radius 2 is 1.63 bits per heavy atom. The van der Waals surface area contributed by atoms with E-state index in [4.69, 9.17) is 9.47 Å². The summed E-state index contributed by atoms with van der Waals surface area (Å²) in [5.74, 6) is -3.75. The molecule has 3 aliphatic rings. The number of fused-ring (bicyclic) bond motifs is 2. The second-order valence-corrected chi connectivity index (χ2v) is 14.1. The maximum atomic E-state index is 15.2. The van der Waals surface area contributed by atoms with Crippen molar-refractivity contribution >= 4 is 40.2 Å². The molecule has 10 nitrogen and oxygen atoms in total. The highest BCUT2D eigenvalue weighted by Crippen LogP contribution is 2.60. The maximum Gasteiger partial charge on any atom is 0.313 e. The number of rotatable bonds is 15. The molecule has 3 saturated heterocycles. The zero-order chi connectivity index (χ0) is 37.8. The summed E-state index contributed by atoms with van der Waals surface area (Å²) in [4.78, 5) is 60.3. The number of aliphatic hydroxyl groups is 1. The highest BCUT2D eigenvalue weighted by Gasteiger charge is 2.76. The highest BCUT2D eigenvalue weighted by atomic mass is 16.6. The number of ether oxygens (including phenoxy) is 2. The van der Waals surface area contributed by atoms with Gasteiger partial charge in [0.1, 0.15) is 17.7 Å². The minimum Gasteiger partial charge on any atom is -0.455 e. The van der Waals surface area contributed by atoms with Crippen molar-refractivity contribution in [1.82, 2.24) is 10.2 Å². The summed E-state index contributed by atoms with van der Waals surface area (Å²) < 4.78 is 12.9. The third kappa shape index (κ3) is 6.71. The van der Waals surface area contributed by atoms with Crippen molar-refractivity contribution in [3.8, 4) is 0 Å². The maximum absolute atomic E-state index is 15.2. The Balaban J connectivity index is 1.26. The van der Waals surface area contributed by atoms with Crippen LogP contribution in [0.25, 0.3) is 10.8 Å². The van der Waals surface area contributed by atoms with Crippen molar-refractivity contribution in [2.75, 3.05) is 24.6 Å². The second kappa shape index (κ2) is 15.8. The van der Waals surface area contributed by atoms with Crippen LogP contribution in [0.5, 0.6) is 0 Å². The van der Waals surface area contributed by atoms with E-state index >= 15 is 9.59 Å². The van der Waals surface area contributed by atoms with Gasteiger partial charge in [0, 0.05) is 18.7 Å². The molecule has 7 rings (SSSR count). The molecule has 0 unspecified atom stereocenters. The van der Waals surface area contributed by atoms with Crippen LogP contribution in [0.1, 0.15) is 49.0 Å². The van der Waals surface area contributed by atoms with Gasteiger partial charge in [0.2, 0.25) is 11.8 Å². The van der Waals surface area contributed by atoms with Crippen molar-refractivity contribution in [1.29, 1.82) is 0 Å². The average Bonchev–Trinajstić information content (AvgIpc) is 3.85. The van der Waals surface area contributed by atoms with Crippen LogP contribution in [0, 0.1) is 11.8 Å². The summed E-state index contributed by atoms with van der Waals surface area (Å²) in [6, 6.07) is 29.7. The molecule has 3 amide bonds. The van der Waals surface area contributed by atoms with E-state index in [2.05, 4.69) is 18.5 Å². The van der Waals surface area contributed by atoms with Crippen LogP contribution >= 0.6 is 0 Å². The van der Waals surface area contributed by atoms with Crippen LogP contribution in [-0.4, -0.2) is 71.1 Å². The summed E-state index contributed by atoms with van der Waals surface area (Å²) in [5.41, 5.74) is 0.590. The number of amides is 3. The van der Waals surface area contributed by atoms with E-state index in [-0.39, 0.29) is 25.4 Å². The minimum atomic E-state index is -1.36. The van der Waals surface area contributed by atoms with Crippen molar-refractivity contribution in [2.24, 2.45) is 11.8 Å². The number of likely N-dealkylation sites (tertiary alicyclic amines) is 1. The molecule has 1 spiro atoms. The first-order valence-electron chi connectivity index (χ1n) is 18.5. The number of anilines is 1. The molecule has 4 aromatic carbocycles. The van der Waals surface area contributed by atoms with E-state index in [1.165, 1.54) is 4.90 Å². The van der Waals surface area contributed by atoms with E-state index in [1.54, 1.807) is 17.1 Å². The third-order valence-corrected chi connectivity index (χ3v) is 11.0. The number of benzene rings is 4. The van der Waals surface area contributed by atoms with Crippen LogP contribution in [-0.2, 0) is 28.7 Å². The van der Waals surface area contributed by atoms with E-state index in [1.807, 2.05) is 103 Å². The molecular formula is C44H45N3O7. The van der Waals surface area contributed by atoms with Crippen molar-refractivity contribution in [3.05, 3.63) is 140 Å². The Morgan fingerprint density at radius 3 is 2.31 bits per heavy atom. The zero-order valence-corrected chi connectivity index (χ0v) is 30.1. The summed E-state index contributed by atoms with van der Waals surface area (Å²) in [5, 5.41) is 15.8. The first kappa shape index (κ1) is 36.8. The largest absolute Gasteiger partial charge is 0.455 e. The molecule has 3 fully saturated rings. The number of allylic oxidation sites excluding steroid dienone is 1. The van der Waals surface area contributed by atoms with Gasteiger partial charge in [-0.25, -0.2) is 0 Å². The molecule has 0 aromatic heterocycles. The van der Waals surface area contributed by atoms with Crippen molar-refractivity contribution in [2.45, 2.75) is 55.6 Å². The Bertz CT molecular complexity index is 2040. The van der Waals surface area contributed by atoms with Gasteiger partial charge in [-0.05, 0) is 53.3 Å². The summed E-state index contributed by atoms with van der Waals surface area (Å²) >= 11 is 0. The smallest absolute Gasteiger partial charge is 0.313 e. The average molecular weight is 728 g/mol. The highest BCUT2D eigenvalue weighted by molar-refractivity contribution is 6.05. The van der Waals surface area contributed by atoms with Gasteiger partial charge >= 0.3 is 5.97 Å². The fourth-order valence-electron chi connectivity index (χ4n) is 8.59. The van der Waals surface area contributed by atoms with Gasteiger partial charge in [0.05, 0.1) is 37.1 Å². The Hall–Kier alpha value is -5.58. The van der Waals surface area contributed by atoms with E-state index in [0.717, 1.165) is 10.8 Å². The number of carbonyl (C=O) groups excluding carboxylic acids is 4. The van der Waals surface area contributed by atoms with E-state index < -0.39 is 66.1 Å². The van der Waals surface area contributed by atoms with Gasteiger partial charge in [-0.1, -0.05) is 103 Å². The van der Waals surface area contributed by atoms with Gasteiger partial charge in [-0.15, -0.1) is 13.2 Å². The number of nitrogens with zero attached hydrogens (tertiary/aromatic N) is 2.